The Hall–Kier alpha value is -3.93. The van der Waals surface area contributed by atoms with Crippen molar-refractivity contribution in [2.24, 2.45) is 0 Å². The Balaban J connectivity index is 1.82. The van der Waals surface area contributed by atoms with Crippen molar-refractivity contribution in [2.75, 3.05) is 23.1 Å². The Morgan fingerprint density at radius 1 is 0.645 bits per heavy atom. The molecule has 0 unspecified atom stereocenters. The zero-order chi connectivity index (χ0) is 21.8. The first-order valence-electron chi connectivity index (χ1n) is 10.2. The van der Waals surface area contributed by atoms with E-state index in [0.29, 0.717) is 22.5 Å². The molecule has 6 nitrogen and oxygen atoms in total. The van der Waals surface area contributed by atoms with Gasteiger partial charge in [-0.15, -0.1) is 0 Å². The van der Waals surface area contributed by atoms with Gasteiger partial charge in [0, 0.05) is 17.5 Å². The Morgan fingerprint density at radius 3 is 1.42 bits per heavy atom. The molecule has 0 aliphatic carbocycles. The highest BCUT2D eigenvalue weighted by Gasteiger charge is 2.33. The number of benzene rings is 3. The van der Waals surface area contributed by atoms with Crippen molar-refractivity contribution in [3.63, 3.8) is 0 Å². The van der Waals surface area contributed by atoms with Gasteiger partial charge in [0.25, 0.3) is 11.8 Å². The molecule has 1 aliphatic heterocycles. The van der Waals surface area contributed by atoms with Crippen molar-refractivity contribution >= 4 is 29.1 Å². The van der Waals surface area contributed by atoms with Gasteiger partial charge in [0.05, 0.1) is 11.4 Å². The van der Waals surface area contributed by atoms with E-state index in [1.165, 1.54) is 0 Å². The van der Waals surface area contributed by atoms with Crippen LogP contribution in [0.3, 0.4) is 0 Å². The minimum atomic E-state index is -0.226. The molecule has 0 spiro atoms. The molecule has 1 heterocycles. The highest BCUT2D eigenvalue weighted by atomic mass is 16.2. The lowest BCUT2D eigenvalue weighted by atomic mass is 10.1. The second-order valence-electron chi connectivity index (χ2n) is 7.26. The molecule has 0 N–H and O–H groups in total. The van der Waals surface area contributed by atoms with Gasteiger partial charge in [-0.05, 0) is 36.4 Å². The fourth-order valence-electron chi connectivity index (χ4n) is 3.66. The van der Waals surface area contributed by atoms with Crippen molar-refractivity contribution in [1.82, 2.24) is 4.90 Å². The van der Waals surface area contributed by atoms with Crippen LogP contribution >= 0.6 is 0 Å². The lowest BCUT2D eigenvalue weighted by molar-refractivity contribution is -0.130. The lowest BCUT2D eigenvalue weighted by Crippen LogP contribution is -2.47. The van der Waals surface area contributed by atoms with Crippen molar-refractivity contribution < 1.29 is 14.4 Å². The summed E-state index contributed by atoms with van der Waals surface area (Å²) >= 11 is 0. The number of fused-ring (bicyclic) bond motifs is 1. The summed E-state index contributed by atoms with van der Waals surface area (Å²) in [4.78, 5) is 44.2. The fourth-order valence-corrected chi connectivity index (χ4v) is 3.66. The normalized spacial score (nSPS) is 13.4. The topological polar surface area (TPSA) is 60.9 Å². The second kappa shape index (κ2) is 8.83. The molecule has 156 valence electrons. The highest BCUT2D eigenvalue weighted by Crippen LogP contribution is 2.34. The summed E-state index contributed by atoms with van der Waals surface area (Å²) in [5.41, 5.74) is 2.21. The summed E-state index contributed by atoms with van der Waals surface area (Å²) in [5.74, 6) is -0.587. The van der Waals surface area contributed by atoms with Crippen LogP contribution < -0.4 is 9.80 Å². The number of rotatable bonds is 3. The summed E-state index contributed by atoms with van der Waals surface area (Å²) in [5, 5.41) is 0. The summed E-state index contributed by atoms with van der Waals surface area (Å²) in [6, 6.07) is 25.2. The zero-order valence-corrected chi connectivity index (χ0v) is 17.3. The zero-order valence-electron chi connectivity index (χ0n) is 17.3. The molecule has 0 aromatic heterocycles. The number of hydrogen-bond acceptors (Lipinski definition) is 3. The highest BCUT2D eigenvalue weighted by molar-refractivity contribution is 6.12. The van der Waals surface area contributed by atoms with Gasteiger partial charge in [-0.1, -0.05) is 55.5 Å². The molecular weight excluding hydrogens is 390 g/mol. The minimum absolute atomic E-state index is 0.0655. The van der Waals surface area contributed by atoms with Crippen LogP contribution in [0.1, 0.15) is 34.1 Å². The molecule has 0 fully saturated rings. The lowest BCUT2D eigenvalue weighted by Gasteiger charge is -2.28. The molecule has 0 saturated carbocycles. The molecule has 3 aromatic rings. The van der Waals surface area contributed by atoms with Gasteiger partial charge in [-0.3, -0.25) is 24.2 Å². The first kappa shape index (κ1) is 20.3. The Bertz CT molecular complexity index is 1020. The van der Waals surface area contributed by atoms with Crippen LogP contribution in [-0.4, -0.2) is 36.0 Å². The van der Waals surface area contributed by atoms with E-state index in [-0.39, 0.29) is 37.5 Å². The molecule has 3 aromatic carbocycles. The van der Waals surface area contributed by atoms with E-state index in [0.717, 1.165) is 0 Å². The van der Waals surface area contributed by atoms with Crippen molar-refractivity contribution in [3.05, 3.63) is 96.1 Å². The molecule has 3 amide bonds. The summed E-state index contributed by atoms with van der Waals surface area (Å²) in [6.07, 6.45) is 0.275. The van der Waals surface area contributed by atoms with Crippen molar-refractivity contribution in [3.8, 4) is 0 Å². The van der Waals surface area contributed by atoms with E-state index in [4.69, 9.17) is 0 Å². The van der Waals surface area contributed by atoms with Gasteiger partial charge >= 0.3 is 0 Å². The number of hydrogen-bond donors (Lipinski definition) is 0. The van der Waals surface area contributed by atoms with Crippen LogP contribution in [0, 0.1) is 0 Å². The standard InChI is InChI=1S/C25H23N3O3/c1-2-23(29)26-17-27(24(30)19-11-5-3-6-12-19)21-15-9-10-16-22(21)28(18-26)25(31)20-13-7-4-8-14-20/h3-16H,2,17-18H2,1H3. The van der Waals surface area contributed by atoms with Gasteiger partial charge in [0.1, 0.15) is 13.3 Å². The van der Waals surface area contributed by atoms with E-state index in [1.807, 2.05) is 24.3 Å². The Morgan fingerprint density at radius 2 is 1.03 bits per heavy atom. The number of nitrogens with zero attached hydrogens (tertiary/aromatic N) is 3. The minimum Gasteiger partial charge on any atom is -0.306 e. The summed E-state index contributed by atoms with van der Waals surface area (Å²) in [7, 11) is 0. The maximum Gasteiger partial charge on any atom is 0.259 e. The summed E-state index contributed by atoms with van der Waals surface area (Å²) < 4.78 is 0. The molecule has 1 aliphatic rings. The van der Waals surface area contributed by atoms with Crippen molar-refractivity contribution in [2.45, 2.75) is 13.3 Å². The first-order valence-corrected chi connectivity index (χ1v) is 10.2. The molecule has 0 atom stereocenters. The number of carbonyl (C=O) groups excluding carboxylic acids is 3. The van der Waals surface area contributed by atoms with Crippen LogP contribution in [0.25, 0.3) is 0 Å². The van der Waals surface area contributed by atoms with E-state index in [9.17, 15) is 14.4 Å². The Kier molecular flexibility index (Phi) is 5.80. The van der Waals surface area contributed by atoms with E-state index >= 15 is 0 Å². The predicted octanol–water partition coefficient (Wildman–Crippen LogP) is 4.15. The number of anilines is 2. The van der Waals surface area contributed by atoms with Gasteiger partial charge in [0.15, 0.2) is 0 Å². The SMILES string of the molecule is CCC(=O)N1CN(C(=O)c2ccccc2)c2ccccc2N(C(=O)c2ccccc2)C1. The largest absolute Gasteiger partial charge is 0.306 e. The van der Waals surface area contributed by atoms with Gasteiger partial charge in [0.2, 0.25) is 5.91 Å². The predicted molar refractivity (Wildman–Crippen MR) is 120 cm³/mol. The molecular formula is C25H23N3O3. The molecule has 0 bridgehead atoms. The number of carbonyl (C=O) groups is 3. The molecule has 4 rings (SSSR count). The third-order valence-corrected chi connectivity index (χ3v) is 5.27. The number of amides is 3. The maximum absolute atomic E-state index is 13.4. The molecule has 6 heteroatoms. The van der Waals surface area contributed by atoms with E-state index in [1.54, 1.807) is 82.3 Å². The van der Waals surface area contributed by atoms with Crippen LogP contribution in [-0.2, 0) is 4.79 Å². The first-order chi connectivity index (χ1) is 15.1. The quantitative estimate of drug-likeness (QED) is 0.648. The summed E-state index contributed by atoms with van der Waals surface area (Å²) in [6.45, 7) is 1.90. The smallest absolute Gasteiger partial charge is 0.259 e. The van der Waals surface area contributed by atoms with Crippen LogP contribution in [0.15, 0.2) is 84.9 Å². The van der Waals surface area contributed by atoms with Crippen LogP contribution in [0.5, 0.6) is 0 Å². The average Bonchev–Trinajstić information content (AvgIpc) is 3.01. The van der Waals surface area contributed by atoms with Gasteiger partial charge in [-0.25, -0.2) is 0 Å². The third-order valence-electron chi connectivity index (χ3n) is 5.27. The molecule has 0 saturated heterocycles. The van der Waals surface area contributed by atoms with Gasteiger partial charge < -0.3 is 4.90 Å². The molecule has 0 radical (unpaired) electrons. The Labute approximate surface area is 181 Å². The van der Waals surface area contributed by atoms with Crippen LogP contribution in [0.2, 0.25) is 0 Å². The average molecular weight is 413 g/mol. The van der Waals surface area contributed by atoms with E-state index in [2.05, 4.69) is 0 Å². The third kappa shape index (κ3) is 4.05. The molecule has 31 heavy (non-hydrogen) atoms. The second-order valence-corrected chi connectivity index (χ2v) is 7.26. The number of para-hydroxylation sites is 2. The van der Waals surface area contributed by atoms with E-state index < -0.39 is 0 Å². The monoisotopic (exact) mass is 413 g/mol. The van der Waals surface area contributed by atoms with Crippen molar-refractivity contribution in [1.29, 1.82) is 0 Å². The van der Waals surface area contributed by atoms with Gasteiger partial charge in [-0.2, -0.15) is 0 Å². The fraction of sp³-hybridized carbons (Fsp3) is 0.160. The van der Waals surface area contributed by atoms with Crippen LogP contribution in [0.4, 0.5) is 11.4 Å². The maximum atomic E-state index is 13.4.